The first-order valence-corrected chi connectivity index (χ1v) is 7.41. The zero-order chi connectivity index (χ0) is 20.2. The molecule has 2 rings (SSSR count). The van der Waals surface area contributed by atoms with E-state index in [1.54, 1.807) is 0 Å². The average molecular weight is 376 g/mol. The fourth-order valence-corrected chi connectivity index (χ4v) is 2.90. The van der Waals surface area contributed by atoms with Gasteiger partial charge in [0.2, 0.25) is 0 Å². The van der Waals surface area contributed by atoms with Crippen LogP contribution < -0.4 is 0 Å². The first-order valence-electron chi connectivity index (χ1n) is 7.41. The molecule has 0 fully saturated rings. The molecule has 0 unspecified atom stereocenters. The van der Waals surface area contributed by atoms with Gasteiger partial charge in [-0.3, -0.25) is 40.5 Å². The highest BCUT2D eigenvalue weighted by molar-refractivity contribution is 5.28. The molecule has 0 N–H and O–H groups in total. The molecule has 0 spiro atoms. The second-order valence-electron chi connectivity index (χ2n) is 5.49. The van der Waals surface area contributed by atoms with Crippen LogP contribution in [0.1, 0.15) is 23.1 Å². The lowest BCUT2D eigenvalue weighted by molar-refractivity contribution is -0.976. The molecule has 2 atom stereocenters. The summed E-state index contributed by atoms with van der Waals surface area (Å²) in [6, 6.07) is 11.1. The van der Waals surface area contributed by atoms with Gasteiger partial charge in [-0.15, -0.1) is 0 Å². The molecule has 0 heterocycles. The van der Waals surface area contributed by atoms with E-state index in [2.05, 4.69) is 0 Å². The fourth-order valence-electron chi connectivity index (χ4n) is 2.90. The van der Waals surface area contributed by atoms with Crippen LogP contribution in [0.2, 0.25) is 0 Å². The van der Waals surface area contributed by atoms with Crippen molar-refractivity contribution in [3.63, 3.8) is 0 Å². The van der Waals surface area contributed by atoms with E-state index < -0.39 is 37.4 Å². The Hall–Kier alpha value is -3.96. The minimum atomic E-state index is -4.05. The molecule has 2 aromatic rings. The first-order chi connectivity index (χ1) is 12.7. The zero-order valence-electron chi connectivity index (χ0n) is 13.5. The number of nitrogens with zero attached hydrogens (tertiary/aromatic N) is 4. The monoisotopic (exact) mass is 376 g/mol. The second-order valence-corrected chi connectivity index (χ2v) is 5.49. The Balaban J connectivity index is 2.89. The Labute approximate surface area is 150 Å². The summed E-state index contributed by atoms with van der Waals surface area (Å²) < 4.78 is 0. The van der Waals surface area contributed by atoms with Crippen LogP contribution in [0.5, 0.6) is 0 Å². The molecule has 0 aliphatic carbocycles. The van der Waals surface area contributed by atoms with Crippen molar-refractivity contribution in [1.29, 1.82) is 0 Å². The van der Waals surface area contributed by atoms with Gasteiger partial charge in [0.15, 0.2) is 14.8 Å². The third-order valence-corrected chi connectivity index (χ3v) is 4.07. The normalized spacial score (nSPS) is 13.3. The minimum absolute atomic E-state index is 0.133. The van der Waals surface area contributed by atoms with Crippen LogP contribution >= 0.6 is 0 Å². The number of hydrogen-bond donors (Lipinski definition) is 0. The maximum absolute atomic E-state index is 11.8. The van der Waals surface area contributed by atoms with Crippen molar-refractivity contribution in [3.05, 3.63) is 112 Å². The van der Waals surface area contributed by atoms with Gasteiger partial charge in [0, 0.05) is 10.5 Å². The molecule has 0 radical (unpaired) electrons. The van der Waals surface area contributed by atoms with Crippen LogP contribution in [-0.2, 0) is 0 Å². The molecule has 140 valence electrons. The lowest BCUT2D eigenvalue weighted by Gasteiger charge is -2.22. The number of benzene rings is 2. The predicted molar refractivity (Wildman–Crippen MR) is 89.1 cm³/mol. The third-order valence-electron chi connectivity index (χ3n) is 4.07. The molecule has 27 heavy (non-hydrogen) atoms. The van der Waals surface area contributed by atoms with Crippen LogP contribution in [0.4, 0.5) is 0 Å². The first kappa shape index (κ1) is 19.4. The van der Waals surface area contributed by atoms with Gasteiger partial charge in [0.1, 0.15) is 0 Å². The summed E-state index contributed by atoms with van der Waals surface area (Å²) in [5.74, 6) is -6.36. The standard InChI is InChI=1S/C15H12N4O8/c20-16(21)14(12-9-5-2-6-10-12)13(11-7-3-1-4-8-11)15(17(22)23,18(24)25)19(26)27/h1-10,13-14H/t13-,14+/m1/s1. The Morgan fingerprint density at radius 2 is 1.00 bits per heavy atom. The fraction of sp³-hybridized carbons (Fsp3) is 0.200. The minimum Gasteiger partial charge on any atom is -0.264 e. The number of rotatable bonds is 8. The molecule has 12 heteroatoms. The molecular weight excluding hydrogens is 364 g/mol. The largest absolute Gasteiger partial charge is 0.714 e. The van der Waals surface area contributed by atoms with Gasteiger partial charge >= 0.3 is 5.79 Å². The van der Waals surface area contributed by atoms with Gasteiger partial charge in [-0.05, 0) is 5.56 Å². The summed E-state index contributed by atoms with van der Waals surface area (Å²) in [5.41, 5.74) is -0.403. The average Bonchev–Trinajstić information content (AvgIpc) is 2.61. The van der Waals surface area contributed by atoms with Crippen LogP contribution in [0.3, 0.4) is 0 Å². The Morgan fingerprint density at radius 1 is 0.630 bits per heavy atom. The van der Waals surface area contributed by atoms with Crippen LogP contribution in [0.25, 0.3) is 0 Å². The van der Waals surface area contributed by atoms with E-state index in [9.17, 15) is 40.5 Å². The topological polar surface area (TPSA) is 173 Å². The van der Waals surface area contributed by atoms with E-state index in [4.69, 9.17) is 0 Å². The maximum atomic E-state index is 11.8. The van der Waals surface area contributed by atoms with E-state index in [0.29, 0.717) is 0 Å². The quantitative estimate of drug-likeness (QED) is 0.383. The molecule has 12 nitrogen and oxygen atoms in total. The van der Waals surface area contributed by atoms with E-state index in [1.807, 2.05) is 0 Å². The van der Waals surface area contributed by atoms with Gasteiger partial charge in [0.05, 0.1) is 0 Å². The predicted octanol–water partition coefficient (Wildman–Crippen LogP) is 2.27. The SMILES string of the molecule is O=[N+]([O-])[C@@H](c1ccccc1)[C@@H](c1ccccc1)C([N+](=O)[O-])([N+](=O)[O-])[N+](=O)[O-]. The molecule has 0 aliphatic rings. The third kappa shape index (κ3) is 3.27. The van der Waals surface area contributed by atoms with Gasteiger partial charge in [-0.2, -0.15) is 0 Å². The van der Waals surface area contributed by atoms with Crippen molar-refractivity contribution in [3.8, 4) is 0 Å². The van der Waals surface area contributed by atoms with Crippen LogP contribution in [-0.4, -0.2) is 25.5 Å². The summed E-state index contributed by atoms with van der Waals surface area (Å²) in [6.07, 6.45) is 0. The van der Waals surface area contributed by atoms with Crippen LogP contribution in [0, 0.1) is 40.5 Å². The second kappa shape index (κ2) is 7.51. The van der Waals surface area contributed by atoms with Gasteiger partial charge < -0.3 is 0 Å². The number of hydrogen-bond acceptors (Lipinski definition) is 8. The van der Waals surface area contributed by atoms with Crippen molar-refractivity contribution in [2.24, 2.45) is 0 Å². The number of nitro groups is 4. The molecular formula is C15H12N4O8. The molecule has 0 saturated heterocycles. The van der Waals surface area contributed by atoms with Crippen molar-refractivity contribution in [2.75, 3.05) is 0 Å². The lowest BCUT2D eigenvalue weighted by Crippen LogP contribution is -2.59. The van der Waals surface area contributed by atoms with Crippen molar-refractivity contribution < 1.29 is 19.7 Å². The summed E-state index contributed by atoms with van der Waals surface area (Å²) in [6.45, 7) is 0. The van der Waals surface area contributed by atoms with Crippen molar-refractivity contribution in [2.45, 2.75) is 17.7 Å². The van der Waals surface area contributed by atoms with Gasteiger partial charge in [-0.25, -0.2) is 0 Å². The Bertz CT molecular complexity index is 838. The Morgan fingerprint density at radius 3 is 1.33 bits per heavy atom. The van der Waals surface area contributed by atoms with E-state index in [-0.39, 0.29) is 11.1 Å². The molecule has 0 amide bonds. The van der Waals surface area contributed by atoms with E-state index in [0.717, 1.165) is 12.1 Å². The van der Waals surface area contributed by atoms with E-state index in [1.165, 1.54) is 48.5 Å². The van der Waals surface area contributed by atoms with Crippen LogP contribution in [0.15, 0.2) is 60.7 Å². The van der Waals surface area contributed by atoms with Crippen molar-refractivity contribution in [1.82, 2.24) is 0 Å². The summed E-state index contributed by atoms with van der Waals surface area (Å²) in [7, 11) is 0. The lowest BCUT2D eigenvalue weighted by atomic mass is 9.82. The molecule has 0 bridgehead atoms. The highest BCUT2D eigenvalue weighted by atomic mass is 16.7. The highest BCUT2D eigenvalue weighted by Gasteiger charge is 2.81. The summed E-state index contributed by atoms with van der Waals surface area (Å²) in [4.78, 5) is 40.4. The maximum Gasteiger partial charge on any atom is 0.714 e. The molecule has 0 aromatic heterocycles. The zero-order valence-corrected chi connectivity index (χ0v) is 13.5. The molecule has 0 aliphatic heterocycles. The smallest absolute Gasteiger partial charge is 0.264 e. The van der Waals surface area contributed by atoms with E-state index >= 15 is 0 Å². The van der Waals surface area contributed by atoms with Gasteiger partial charge in [0.25, 0.3) is 12.0 Å². The highest BCUT2D eigenvalue weighted by Crippen LogP contribution is 2.43. The van der Waals surface area contributed by atoms with Gasteiger partial charge in [-0.1, -0.05) is 60.7 Å². The molecule has 0 saturated carbocycles. The Kier molecular flexibility index (Phi) is 5.39. The van der Waals surface area contributed by atoms with Crippen molar-refractivity contribution >= 4 is 0 Å². The summed E-state index contributed by atoms with van der Waals surface area (Å²) in [5, 5.41) is 46.5. The summed E-state index contributed by atoms with van der Waals surface area (Å²) >= 11 is 0. The molecule has 2 aromatic carbocycles.